The molecule has 0 unspecified atom stereocenters. The minimum absolute atomic E-state index is 0.0456. The van der Waals surface area contributed by atoms with Crippen LogP contribution >= 0.6 is 0 Å². The van der Waals surface area contributed by atoms with Crippen molar-refractivity contribution < 1.29 is 13.9 Å². The summed E-state index contributed by atoms with van der Waals surface area (Å²) in [4.78, 5) is 14.5. The van der Waals surface area contributed by atoms with Crippen molar-refractivity contribution in [3.63, 3.8) is 0 Å². The van der Waals surface area contributed by atoms with Crippen LogP contribution in [0.5, 0.6) is 0 Å². The van der Waals surface area contributed by atoms with Crippen LogP contribution in [0.4, 0.5) is 0 Å². The Hall–Kier alpha value is -1.65. The first-order valence-corrected chi connectivity index (χ1v) is 7.02. The molecule has 0 aliphatic heterocycles. The average Bonchev–Trinajstić information content (AvgIpc) is 3.21. The second-order valence-corrected chi connectivity index (χ2v) is 5.27. The van der Waals surface area contributed by atoms with E-state index in [0.717, 1.165) is 17.5 Å². The summed E-state index contributed by atoms with van der Waals surface area (Å²) in [7, 11) is 1.69. The molecule has 3 rings (SSSR count). The van der Waals surface area contributed by atoms with Crippen LogP contribution in [0.1, 0.15) is 23.4 Å². The molecular weight excluding hydrogens is 254 g/mol. The Labute approximate surface area is 118 Å². The molecule has 20 heavy (non-hydrogen) atoms. The normalized spacial score (nSPS) is 15.1. The first-order chi connectivity index (χ1) is 9.78. The van der Waals surface area contributed by atoms with Gasteiger partial charge in [-0.3, -0.25) is 9.69 Å². The van der Waals surface area contributed by atoms with Gasteiger partial charge in [0, 0.05) is 25.1 Å². The van der Waals surface area contributed by atoms with Gasteiger partial charge in [0.1, 0.15) is 5.58 Å². The van der Waals surface area contributed by atoms with Gasteiger partial charge in [0.15, 0.2) is 5.76 Å². The SMILES string of the molecule is COCCN(CC(=O)c1cc2ccccc2o1)C1CC1. The number of hydrogen-bond donors (Lipinski definition) is 0. The largest absolute Gasteiger partial charge is 0.453 e. The molecule has 0 saturated heterocycles. The molecule has 1 aromatic heterocycles. The maximum atomic E-state index is 12.3. The highest BCUT2D eigenvalue weighted by Gasteiger charge is 2.30. The van der Waals surface area contributed by atoms with E-state index in [2.05, 4.69) is 4.90 Å². The molecule has 4 nitrogen and oxygen atoms in total. The van der Waals surface area contributed by atoms with Gasteiger partial charge in [0.25, 0.3) is 0 Å². The maximum Gasteiger partial charge on any atom is 0.211 e. The van der Waals surface area contributed by atoms with E-state index in [1.165, 1.54) is 12.8 Å². The lowest BCUT2D eigenvalue weighted by molar-refractivity contribution is 0.0861. The summed E-state index contributed by atoms with van der Waals surface area (Å²) in [6.45, 7) is 1.87. The summed E-state index contributed by atoms with van der Waals surface area (Å²) in [6, 6.07) is 10.1. The van der Waals surface area contributed by atoms with Crippen LogP contribution < -0.4 is 0 Å². The fraction of sp³-hybridized carbons (Fsp3) is 0.438. The molecular formula is C16H19NO3. The summed E-state index contributed by atoms with van der Waals surface area (Å²) < 4.78 is 10.7. The summed E-state index contributed by atoms with van der Waals surface area (Å²) in [5, 5.41) is 0.978. The number of rotatable bonds is 7. The molecule has 1 heterocycles. The third-order valence-electron chi connectivity index (χ3n) is 3.69. The third-order valence-corrected chi connectivity index (χ3v) is 3.69. The van der Waals surface area contributed by atoms with Crippen molar-refractivity contribution in [1.29, 1.82) is 0 Å². The minimum atomic E-state index is 0.0456. The van der Waals surface area contributed by atoms with E-state index in [0.29, 0.717) is 25.0 Å². The number of hydrogen-bond acceptors (Lipinski definition) is 4. The molecule has 0 N–H and O–H groups in total. The van der Waals surface area contributed by atoms with Crippen molar-refractivity contribution in [3.05, 3.63) is 36.1 Å². The topological polar surface area (TPSA) is 42.7 Å². The molecule has 2 aromatic rings. The molecule has 1 aromatic carbocycles. The molecule has 0 amide bonds. The summed E-state index contributed by atoms with van der Waals surface area (Å²) in [5.41, 5.74) is 0.769. The van der Waals surface area contributed by atoms with Gasteiger partial charge in [-0.15, -0.1) is 0 Å². The number of ketones is 1. The second kappa shape index (κ2) is 5.77. The Morgan fingerprint density at radius 1 is 1.40 bits per heavy atom. The minimum Gasteiger partial charge on any atom is -0.453 e. The van der Waals surface area contributed by atoms with Crippen LogP contribution in [-0.4, -0.2) is 43.5 Å². The molecule has 0 radical (unpaired) electrons. The molecule has 1 saturated carbocycles. The predicted molar refractivity (Wildman–Crippen MR) is 77.0 cm³/mol. The zero-order valence-corrected chi connectivity index (χ0v) is 11.7. The van der Waals surface area contributed by atoms with Crippen LogP contribution in [0.15, 0.2) is 34.7 Å². The van der Waals surface area contributed by atoms with E-state index >= 15 is 0 Å². The first-order valence-electron chi connectivity index (χ1n) is 7.02. The molecule has 0 bridgehead atoms. The summed E-state index contributed by atoms with van der Waals surface area (Å²) in [6.07, 6.45) is 2.36. The van der Waals surface area contributed by atoms with Gasteiger partial charge in [-0.2, -0.15) is 0 Å². The highest BCUT2D eigenvalue weighted by atomic mass is 16.5. The van der Waals surface area contributed by atoms with Crippen LogP contribution in [0.2, 0.25) is 0 Å². The number of nitrogens with zero attached hydrogens (tertiary/aromatic N) is 1. The first kappa shape index (κ1) is 13.3. The molecule has 106 valence electrons. The maximum absolute atomic E-state index is 12.3. The third kappa shape index (κ3) is 2.92. The molecule has 0 spiro atoms. The van der Waals surface area contributed by atoms with E-state index in [4.69, 9.17) is 9.15 Å². The quantitative estimate of drug-likeness (QED) is 0.727. The zero-order valence-electron chi connectivity index (χ0n) is 11.7. The van der Waals surface area contributed by atoms with Crippen LogP contribution in [-0.2, 0) is 4.74 Å². The number of benzene rings is 1. The molecule has 1 aliphatic carbocycles. The Bertz CT molecular complexity index is 568. The van der Waals surface area contributed by atoms with E-state index in [-0.39, 0.29) is 5.78 Å². The van der Waals surface area contributed by atoms with Crippen molar-refractivity contribution in [2.75, 3.05) is 26.8 Å². The number of methoxy groups -OCH3 is 1. The van der Waals surface area contributed by atoms with Gasteiger partial charge in [-0.05, 0) is 25.0 Å². The fourth-order valence-corrected chi connectivity index (χ4v) is 2.42. The van der Waals surface area contributed by atoms with Gasteiger partial charge in [0.2, 0.25) is 5.78 Å². The van der Waals surface area contributed by atoms with Crippen molar-refractivity contribution in [1.82, 2.24) is 4.90 Å². The summed E-state index contributed by atoms with van der Waals surface area (Å²) >= 11 is 0. The number of carbonyl (C=O) groups excluding carboxylic acids is 1. The van der Waals surface area contributed by atoms with Gasteiger partial charge < -0.3 is 9.15 Å². The fourth-order valence-electron chi connectivity index (χ4n) is 2.42. The van der Waals surface area contributed by atoms with Gasteiger partial charge in [-0.25, -0.2) is 0 Å². The van der Waals surface area contributed by atoms with Crippen LogP contribution in [0.25, 0.3) is 11.0 Å². The highest BCUT2D eigenvalue weighted by Crippen LogP contribution is 2.27. The van der Waals surface area contributed by atoms with E-state index < -0.39 is 0 Å². The number of fused-ring (bicyclic) bond motifs is 1. The Morgan fingerprint density at radius 2 is 2.20 bits per heavy atom. The van der Waals surface area contributed by atoms with Crippen LogP contribution in [0, 0.1) is 0 Å². The zero-order chi connectivity index (χ0) is 13.9. The standard InChI is InChI=1S/C16H19NO3/c1-19-9-8-17(13-6-7-13)11-14(18)16-10-12-4-2-3-5-15(12)20-16/h2-5,10,13H,6-9,11H2,1H3. The van der Waals surface area contributed by atoms with Crippen molar-refractivity contribution in [3.8, 4) is 0 Å². The van der Waals surface area contributed by atoms with Crippen molar-refractivity contribution in [2.24, 2.45) is 0 Å². The number of carbonyl (C=O) groups is 1. The number of furan rings is 1. The summed E-state index contributed by atoms with van der Waals surface area (Å²) in [5.74, 6) is 0.499. The van der Waals surface area contributed by atoms with Crippen molar-refractivity contribution >= 4 is 16.8 Å². The highest BCUT2D eigenvalue weighted by molar-refractivity contribution is 5.98. The lowest BCUT2D eigenvalue weighted by atomic mass is 10.2. The molecule has 1 aliphatic rings. The molecule has 0 atom stereocenters. The smallest absolute Gasteiger partial charge is 0.211 e. The van der Waals surface area contributed by atoms with Gasteiger partial charge in [0.05, 0.1) is 13.2 Å². The second-order valence-electron chi connectivity index (χ2n) is 5.27. The lowest BCUT2D eigenvalue weighted by Crippen LogP contribution is -2.34. The van der Waals surface area contributed by atoms with Crippen LogP contribution in [0.3, 0.4) is 0 Å². The van der Waals surface area contributed by atoms with E-state index in [1.54, 1.807) is 7.11 Å². The predicted octanol–water partition coefficient (Wildman–Crippen LogP) is 2.73. The molecule has 1 fully saturated rings. The monoisotopic (exact) mass is 273 g/mol. The Morgan fingerprint density at radius 3 is 2.90 bits per heavy atom. The van der Waals surface area contributed by atoms with Crippen molar-refractivity contribution in [2.45, 2.75) is 18.9 Å². The van der Waals surface area contributed by atoms with Gasteiger partial charge in [-0.1, -0.05) is 18.2 Å². The number of ether oxygens (including phenoxy) is 1. The Balaban J connectivity index is 1.70. The van der Waals surface area contributed by atoms with E-state index in [1.807, 2.05) is 30.3 Å². The average molecular weight is 273 g/mol. The lowest BCUT2D eigenvalue weighted by Gasteiger charge is -2.19. The number of Topliss-reactive ketones (excluding diaryl/α,β-unsaturated/α-hetero) is 1. The molecule has 4 heteroatoms. The van der Waals surface area contributed by atoms with E-state index in [9.17, 15) is 4.79 Å². The Kier molecular flexibility index (Phi) is 3.85. The van der Waals surface area contributed by atoms with Gasteiger partial charge >= 0.3 is 0 Å². The number of para-hydroxylation sites is 1.